The molecular formula is C26H29N3O3. The Morgan fingerprint density at radius 1 is 1.00 bits per heavy atom. The number of carbonyl (C=O) groups excluding carboxylic acids is 1. The number of ether oxygens (including phenoxy) is 1. The molecule has 0 spiro atoms. The molecule has 0 N–H and O–H groups in total. The smallest absolute Gasteiger partial charge is 0.335 e. The van der Waals surface area contributed by atoms with Gasteiger partial charge in [-0.05, 0) is 53.4 Å². The summed E-state index contributed by atoms with van der Waals surface area (Å²) < 4.78 is 7.11. The third-order valence-electron chi connectivity index (χ3n) is 5.74. The van der Waals surface area contributed by atoms with Gasteiger partial charge in [-0.2, -0.15) is 0 Å². The molecule has 0 atom stereocenters. The molecule has 6 heteroatoms. The highest BCUT2D eigenvalue weighted by molar-refractivity contribution is 5.88. The van der Waals surface area contributed by atoms with Crippen LogP contribution in [0.15, 0.2) is 60.7 Å². The van der Waals surface area contributed by atoms with E-state index in [-0.39, 0.29) is 12.3 Å². The molecule has 3 aromatic carbocycles. The molecule has 4 aromatic rings. The number of fused-ring (bicyclic) bond motifs is 2. The van der Waals surface area contributed by atoms with Gasteiger partial charge in [0.1, 0.15) is 11.0 Å². The maximum absolute atomic E-state index is 12.7. The lowest BCUT2D eigenvalue weighted by Crippen LogP contribution is -2.30. The van der Waals surface area contributed by atoms with Crippen LogP contribution in [-0.2, 0) is 6.42 Å². The summed E-state index contributed by atoms with van der Waals surface area (Å²) in [7, 11) is 0. The van der Waals surface area contributed by atoms with Gasteiger partial charge >= 0.3 is 5.91 Å². The summed E-state index contributed by atoms with van der Waals surface area (Å²) in [6, 6.07) is 19.3. The predicted molar refractivity (Wildman–Crippen MR) is 126 cm³/mol. The fraction of sp³-hybridized carbons (Fsp3) is 0.346. The second-order valence-electron chi connectivity index (χ2n) is 8.16. The fourth-order valence-electron chi connectivity index (χ4n) is 3.94. The summed E-state index contributed by atoms with van der Waals surface area (Å²) in [4.78, 5) is 13.2. The predicted octanol–water partition coefficient (Wildman–Crippen LogP) is 5.45. The van der Waals surface area contributed by atoms with Crippen LogP contribution in [0.3, 0.4) is 0 Å². The molecule has 0 saturated heterocycles. The molecule has 4 rings (SSSR count). The second-order valence-corrected chi connectivity index (χ2v) is 8.16. The van der Waals surface area contributed by atoms with Crippen LogP contribution in [0, 0.1) is 5.21 Å². The molecule has 6 nitrogen and oxygen atoms in total. The Hall–Kier alpha value is -3.41. The third kappa shape index (κ3) is 5.07. The molecule has 1 aromatic heterocycles. The number of aryl methyl sites for hydroxylation is 1. The topological polar surface area (TPSA) is 71.1 Å². The zero-order valence-corrected chi connectivity index (χ0v) is 18.5. The zero-order valence-electron chi connectivity index (χ0n) is 18.5. The van der Waals surface area contributed by atoms with E-state index in [0.29, 0.717) is 22.3 Å². The highest BCUT2D eigenvalue weighted by Crippen LogP contribution is 2.23. The quantitative estimate of drug-likeness (QED) is 0.190. The molecule has 0 aliphatic rings. The molecule has 0 amide bonds. The van der Waals surface area contributed by atoms with Crippen molar-refractivity contribution in [2.45, 2.75) is 51.9 Å². The lowest BCUT2D eigenvalue weighted by molar-refractivity contribution is -0.645. The third-order valence-corrected chi connectivity index (χ3v) is 5.74. The monoisotopic (exact) mass is 431 g/mol. The average molecular weight is 432 g/mol. The van der Waals surface area contributed by atoms with Gasteiger partial charge in [-0.15, -0.1) is 4.85 Å². The molecular weight excluding hydrogens is 402 g/mol. The van der Waals surface area contributed by atoms with Gasteiger partial charge in [-0.1, -0.05) is 73.7 Å². The summed E-state index contributed by atoms with van der Waals surface area (Å²) in [5.41, 5.74) is 2.00. The summed E-state index contributed by atoms with van der Waals surface area (Å²) in [6.45, 7) is 2.97. The maximum Gasteiger partial charge on any atom is 0.335 e. The molecule has 0 unspecified atom stereocenters. The lowest BCUT2D eigenvalue weighted by atomic mass is 10.0. The van der Waals surface area contributed by atoms with E-state index >= 15 is 0 Å². The van der Waals surface area contributed by atoms with Gasteiger partial charge in [0.15, 0.2) is 0 Å². The van der Waals surface area contributed by atoms with Crippen LogP contribution in [0.5, 0.6) is 5.75 Å². The number of aromatic nitrogens is 3. The van der Waals surface area contributed by atoms with E-state index < -0.39 is 0 Å². The zero-order chi connectivity index (χ0) is 22.3. The van der Waals surface area contributed by atoms with E-state index in [9.17, 15) is 10.0 Å². The summed E-state index contributed by atoms with van der Waals surface area (Å²) >= 11 is 0. The molecule has 0 aliphatic heterocycles. The summed E-state index contributed by atoms with van der Waals surface area (Å²) in [6.07, 6.45) is 6.98. The number of para-hydroxylation sites is 2. The number of hydrogen-bond donors (Lipinski definition) is 0. The van der Waals surface area contributed by atoms with Gasteiger partial charge in [0.25, 0.3) is 0 Å². The van der Waals surface area contributed by atoms with Crippen molar-refractivity contribution in [3.63, 3.8) is 0 Å². The van der Waals surface area contributed by atoms with Crippen LogP contribution in [0.25, 0.3) is 21.8 Å². The van der Waals surface area contributed by atoms with Gasteiger partial charge in [-0.3, -0.25) is 0 Å². The molecule has 0 saturated carbocycles. The molecule has 0 radical (unpaired) electrons. The van der Waals surface area contributed by atoms with Crippen LogP contribution < -0.4 is 9.58 Å². The van der Waals surface area contributed by atoms with Crippen LogP contribution >= 0.6 is 0 Å². The number of benzene rings is 3. The standard InChI is InChI=1S/C26H29N3O3/c1-2-3-4-5-8-17-32-23-15-14-21-18-20(11-13-22(21)19-23)12-16-26(30)28-24-9-6-7-10-25(24)29(31)27-28/h6-7,9-11,13-15,18-19H,2-5,8,12,16-17H2,1H3. The van der Waals surface area contributed by atoms with E-state index in [1.54, 1.807) is 24.3 Å². The van der Waals surface area contributed by atoms with Crippen molar-refractivity contribution in [2.24, 2.45) is 0 Å². The van der Waals surface area contributed by atoms with Crippen molar-refractivity contribution in [3.05, 3.63) is 71.4 Å². The molecule has 0 bridgehead atoms. The lowest BCUT2D eigenvalue weighted by Gasteiger charge is -2.08. The minimum atomic E-state index is -0.196. The van der Waals surface area contributed by atoms with E-state index in [1.807, 2.05) is 12.1 Å². The Morgan fingerprint density at radius 3 is 2.66 bits per heavy atom. The molecule has 0 aliphatic carbocycles. The Balaban J connectivity index is 1.36. The minimum absolute atomic E-state index is 0.196. The normalized spacial score (nSPS) is 11.3. The maximum atomic E-state index is 12.7. The van der Waals surface area contributed by atoms with E-state index in [2.05, 4.69) is 36.4 Å². The Bertz CT molecular complexity index is 1220. The van der Waals surface area contributed by atoms with Crippen molar-refractivity contribution >= 4 is 27.7 Å². The molecule has 166 valence electrons. The van der Waals surface area contributed by atoms with Crippen LogP contribution in [0.2, 0.25) is 0 Å². The van der Waals surface area contributed by atoms with Crippen LogP contribution in [0.1, 0.15) is 55.8 Å². The SMILES string of the molecule is CCCCCCCOc1ccc2cc(CCC(=O)n3n[n+]([O-])c4ccccc43)ccc2c1. The van der Waals surface area contributed by atoms with Gasteiger partial charge < -0.3 is 9.94 Å². The fourth-order valence-corrected chi connectivity index (χ4v) is 3.94. The largest absolute Gasteiger partial charge is 0.691 e. The highest BCUT2D eigenvalue weighted by atomic mass is 16.5. The number of hydrogen-bond acceptors (Lipinski definition) is 4. The van der Waals surface area contributed by atoms with Gasteiger partial charge in [0.05, 0.1) is 13.0 Å². The first-order valence-electron chi connectivity index (χ1n) is 11.4. The highest BCUT2D eigenvalue weighted by Gasteiger charge is 2.20. The van der Waals surface area contributed by atoms with Crippen LogP contribution in [0.4, 0.5) is 0 Å². The summed E-state index contributed by atoms with van der Waals surface area (Å²) in [5.74, 6) is 0.700. The van der Waals surface area contributed by atoms with E-state index in [4.69, 9.17) is 4.74 Å². The van der Waals surface area contributed by atoms with Gasteiger partial charge in [0, 0.05) is 0 Å². The summed E-state index contributed by atoms with van der Waals surface area (Å²) in [5, 5.41) is 18.0. The minimum Gasteiger partial charge on any atom is -0.691 e. The van der Waals surface area contributed by atoms with E-state index in [1.165, 1.54) is 30.4 Å². The first-order chi connectivity index (χ1) is 15.7. The van der Waals surface area contributed by atoms with Crippen molar-refractivity contribution in [2.75, 3.05) is 6.61 Å². The first kappa shape index (κ1) is 21.8. The number of rotatable bonds is 10. The number of unbranched alkanes of at least 4 members (excludes halogenated alkanes) is 4. The molecule has 1 heterocycles. The van der Waals surface area contributed by atoms with Crippen molar-refractivity contribution in [3.8, 4) is 5.75 Å². The number of carbonyl (C=O) groups is 1. The van der Waals surface area contributed by atoms with Crippen LogP contribution in [-0.4, -0.2) is 22.4 Å². The molecule has 32 heavy (non-hydrogen) atoms. The first-order valence-corrected chi connectivity index (χ1v) is 11.4. The Kier molecular flexibility index (Phi) is 7.00. The van der Waals surface area contributed by atoms with Crippen molar-refractivity contribution in [1.29, 1.82) is 0 Å². The van der Waals surface area contributed by atoms with Gasteiger partial charge in [-0.25, -0.2) is 4.79 Å². The molecule has 0 fully saturated rings. The van der Waals surface area contributed by atoms with E-state index in [0.717, 1.165) is 35.1 Å². The number of nitrogens with zero attached hydrogens (tertiary/aromatic N) is 3. The average Bonchev–Trinajstić information content (AvgIpc) is 3.16. The van der Waals surface area contributed by atoms with Crippen molar-refractivity contribution < 1.29 is 14.4 Å². The Labute approximate surface area is 188 Å². The van der Waals surface area contributed by atoms with Crippen molar-refractivity contribution in [1.82, 2.24) is 9.90 Å². The van der Waals surface area contributed by atoms with Gasteiger partial charge in [0.2, 0.25) is 11.0 Å². The second kappa shape index (κ2) is 10.3. The Morgan fingerprint density at radius 2 is 1.78 bits per heavy atom.